The van der Waals surface area contributed by atoms with Crippen LogP contribution in [0, 0.1) is 17.0 Å². The second kappa shape index (κ2) is 5.92. The van der Waals surface area contributed by atoms with Crippen molar-refractivity contribution >= 4 is 29.2 Å². The second-order valence-corrected chi connectivity index (χ2v) is 4.85. The quantitative estimate of drug-likeness (QED) is 0.534. The Morgan fingerprint density at radius 3 is 2.95 bits per heavy atom. The summed E-state index contributed by atoms with van der Waals surface area (Å²) in [5, 5.41) is 25.2. The minimum Gasteiger partial charge on any atom is -0.506 e. The topological polar surface area (TPSA) is 93.5 Å². The van der Waals surface area contributed by atoms with Crippen LogP contribution in [-0.4, -0.2) is 26.0 Å². The van der Waals surface area contributed by atoms with E-state index < -0.39 is 4.92 Å². The summed E-state index contributed by atoms with van der Waals surface area (Å²) in [5.74, 6) is -0.00802. The molecule has 0 fully saturated rings. The second-order valence-electron chi connectivity index (χ2n) is 4.41. The molecule has 21 heavy (non-hydrogen) atoms. The predicted molar refractivity (Wildman–Crippen MR) is 79.6 cm³/mol. The minimum atomic E-state index is -0.456. The van der Waals surface area contributed by atoms with Crippen molar-refractivity contribution in [1.82, 2.24) is 9.78 Å². The highest BCUT2D eigenvalue weighted by molar-refractivity contribution is 6.30. The van der Waals surface area contributed by atoms with Crippen molar-refractivity contribution in [3.05, 3.63) is 44.7 Å². The Morgan fingerprint density at radius 1 is 1.57 bits per heavy atom. The Balaban J connectivity index is 2.26. The zero-order chi connectivity index (χ0) is 15.6. The molecule has 0 unspecified atom stereocenters. The zero-order valence-electron chi connectivity index (χ0n) is 11.4. The first-order valence-corrected chi connectivity index (χ1v) is 6.46. The van der Waals surface area contributed by atoms with Gasteiger partial charge in [-0.05, 0) is 25.1 Å². The van der Waals surface area contributed by atoms with Gasteiger partial charge in [0.05, 0.1) is 4.92 Å². The van der Waals surface area contributed by atoms with Gasteiger partial charge in [-0.25, -0.2) is 0 Å². The lowest BCUT2D eigenvalue weighted by atomic mass is 10.2. The van der Waals surface area contributed by atoms with Gasteiger partial charge in [-0.2, -0.15) is 5.10 Å². The van der Waals surface area contributed by atoms with Gasteiger partial charge in [0.1, 0.15) is 22.8 Å². The number of hydrogen-bond donors (Lipinski definition) is 1. The number of phenolic OH excluding ortho intramolecular Hbond substituents is 1. The molecule has 0 radical (unpaired) electrons. The maximum absolute atomic E-state index is 11.0. The monoisotopic (exact) mass is 308 g/mol. The van der Waals surface area contributed by atoms with Crippen LogP contribution in [0.5, 0.6) is 5.75 Å². The highest BCUT2D eigenvalue weighted by Crippen LogP contribution is 2.29. The average molecular weight is 309 g/mol. The number of aliphatic imine (C=N–C) groups is 1. The highest BCUT2D eigenvalue weighted by Gasteiger charge is 2.22. The maximum atomic E-state index is 11.0. The molecule has 0 saturated heterocycles. The standard InChI is InChI=1S/C13H13ClN4O3/c1-8-13(18(20)21)11(17(2)16-8)5-6-15-10-7-9(14)3-4-12(10)19/h3-4,6-7,19H,5H2,1-2H3. The van der Waals surface area contributed by atoms with Gasteiger partial charge in [0.25, 0.3) is 0 Å². The van der Waals surface area contributed by atoms with Gasteiger partial charge in [-0.15, -0.1) is 0 Å². The summed E-state index contributed by atoms with van der Waals surface area (Å²) < 4.78 is 1.46. The van der Waals surface area contributed by atoms with Crippen LogP contribution in [0.4, 0.5) is 11.4 Å². The molecule has 0 aliphatic carbocycles. The Morgan fingerprint density at radius 2 is 2.29 bits per heavy atom. The molecule has 7 nitrogen and oxygen atoms in total. The molecule has 0 spiro atoms. The van der Waals surface area contributed by atoms with E-state index in [-0.39, 0.29) is 17.9 Å². The molecule has 0 bridgehead atoms. The van der Waals surface area contributed by atoms with Crippen molar-refractivity contribution in [2.24, 2.45) is 12.0 Å². The summed E-state index contributed by atoms with van der Waals surface area (Å²) in [6, 6.07) is 4.49. The number of benzene rings is 1. The van der Waals surface area contributed by atoms with Crippen molar-refractivity contribution in [3.8, 4) is 5.75 Å². The zero-order valence-corrected chi connectivity index (χ0v) is 12.2. The minimum absolute atomic E-state index is 0.00802. The van der Waals surface area contributed by atoms with E-state index in [0.29, 0.717) is 22.1 Å². The van der Waals surface area contributed by atoms with Crippen molar-refractivity contribution < 1.29 is 10.0 Å². The number of rotatable bonds is 4. The van der Waals surface area contributed by atoms with Gasteiger partial charge >= 0.3 is 5.69 Å². The van der Waals surface area contributed by atoms with Crippen molar-refractivity contribution in [1.29, 1.82) is 0 Å². The number of halogens is 1. The van der Waals surface area contributed by atoms with E-state index >= 15 is 0 Å². The third kappa shape index (κ3) is 3.19. The van der Waals surface area contributed by atoms with Crippen LogP contribution in [0.15, 0.2) is 23.2 Å². The van der Waals surface area contributed by atoms with Crippen LogP contribution in [0.3, 0.4) is 0 Å². The first-order chi connectivity index (χ1) is 9.90. The molecule has 2 rings (SSSR count). The number of hydrogen-bond acceptors (Lipinski definition) is 5. The predicted octanol–water partition coefficient (Wildman–Crippen LogP) is 2.94. The largest absolute Gasteiger partial charge is 0.506 e. The Bertz CT molecular complexity index is 724. The number of nitrogens with zero attached hydrogens (tertiary/aromatic N) is 4. The molecule has 0 saturated carbocycles. The van der Waals surface area contributed by atoms with E-state index in [2.05, 4.69) is 10.1 Å². The molecule has 2 aromatic rings. The molecule has 1 heterocycles. The number of aromatic nitrogens is 2. The molecule has 8 heteroatoms. The maximum Gasteiger partial charge on any atom is 0.313 e. The molecule has 0 aliphatic heterocycles. The number of aromatic hydroxyl groups is 1. The smallest absolute Gasteiger partial charge is 0.313 e. The van der Waals surface area contributed by atoms with Gasteiger partial charge in [-0.3, -0.25) is 19.8 Å². The lowest BCUT2D eigenvalue weighted by molar-refractivity contribution is -0.386. The summed E-state index contributed by atoms with van der Waals surface area (Å²) in [5.41, 5.74) is 1.10. The molecule has 1 N–H and O–H groups in total. The third-order valence-corrected chi connectivity index (χ3v) is 3.18. The Kier molecular flexibility index (Phi) is 4.23. The van der Waals surface area contributed by atoms with Crippen molar-refractivity contribution in [2.45, 2.75) is 13.3 Å². The molecule has 0 aliphatic rings. The molecule has 0 amide bonds. The summed E-state index contributed by atoms with van der Waals surface area (Å²) >= 11 is 5.82. The molecule has 1 aromatic carbocycles. The van der Waals surface area contributed by atoms with E-state index in [4.69, 9.17) is 11.6 Å². The molecular formula is C13H13ClN4O3. The third-order valence-electron chi connectivity index (χ3n) is 2.94. The van der Waals surface area contributed by atoms with Gasteiger partial charge < -0.3 is 5.11 Å². The number of phenols is 1. The number of aryl methyl sites for hydroxylation is 2. The summed E-state index contributed by atoms with van der Waals surface area (Å²) in [6.45, 7) is 1.58. The fraction of sp³-hybridized carbons (Fsp3) is 0.231. The van der Waals surface area contributed by atoms with Crippen LogP contribution in [-0.2, 0) is 13.5 Å². The van der Waals surface area contributed by atoms with Crippen molar-refractivity contribution in [3.63, 3.8) is 0 Å². The molecule has 1 aromatic heterocycles. The van der Waals surface area contributed by atoms with E-state index in [9.17, 15) is 15.2 Å². The van der Waals surface area contributed by atoms with Crippen LogP contribution in [0.1, 0.15) is 11.4 Å². The number of nitro groups is 1. The van der Waals surface area contributed by atoms with Crippen LogP contribution < -0.4 is 0 Å². The van der Waals surface area contributed by atoms with E-state index in [1.807, 2.05) is 0 Å². The fourth-order valence-corrected chi connectivity index (χ4v) is 2.16. The first kappa shape index (κ1) is 15.0. The van der Waals surface area contributed by atoms with Gasteiger partial charge in [0.15, 0.2) is 0 Å². The van der Waals surface area contributed by atoms with Gasteiger partial charge in [0.2, 0.25) is 0 Å². The van der Waals surface area contributed by atoms with Gasteiger partial charge in [-0.1, -0.05) is 11.6 Å². The van der Waals surface area contributed by atoms with E-state index in [1.165, 1.54) is 23.0 Å². The fourth-order valence-electron chi connectivity index (χ4n) is 1.99. The van der Waals surface area contributed by atoms with E-state index in [1.54, 1.807) is 20.0 Å². The lowest BCUT2D eigenvalue weighted by Crippen LogP contribution is -2.01. The normalized spacial score (nSPS) is 11.2. The van der Waals surface area contributed by atoms with Crippen molar-refractivity contribution in [2.75, 3.05) is 0 Å². The van der Waals surface area contributed by atoms with Gasteiger partial charge in [0, 0.05) is 24.7 Å². The van der Waals surface area contributed by atoms with Crippen LogP contribution >= 0.6 is 11.6 Å². The van der Waals surface area contributed by atoms with Crippen LogP contribution in [0.25, 0.3) is 0 Å². The molecule has 0 atom stereocenters. The average Bonchev–Trinajstić information content (AvgIpc) is 2.68. The first-order valence-electron chi connectivity index (χ1n) is 6.08. The Labute approximate surface area is 125 Å². The SMILES string of the molecule is Cc1nn(C)c(CC=Nc2cc(Cl)ccc2O)c1[N+](=O)[O-]. The van der Waals surface area contributed by atoms with E-state index in [0.717, 1.165) is 0 Å². The molecular weight excluding hydrogens is 296 g/mol. The summed E-state index contributed by atoms with van der Waals surface area (Å²) in [4.78, 5) is 14.7. The lowest BCUT2D eigenvalue weighted by Gasteiger charge is -2.00. The summed E-state index contributed by atoms with van der Waals surface area (Å²) in [6.07, 6.45) is 1.70. The highest BCUT2D eigenvalue weighted by atomic mass is 35.5. The summed E-state index contributed by atoms with van der Waals surface area (Å²) in [7, 11) is 1.64. The van der Waals surface area contributed by atoms with Crippen LogP contribution in [0.2, 0.25) is 5.02 Å². The molecule has 110 valence electrons. The Hall–Kier alpha value is -2.41.